The molecule has 0 spiro atoms. The maximum atomic E-state index is 9.10. The number of carbonyl (C=O) groups is 2. The molecule has 0 unspecified atom stereocenters. The van der Waals surface area contributed by atoms with Crippen molar-refractivity contribution in [2.75, 3.05) is 26.8 Å². The Kier molecular flexibility index (Phi) is 13.5. The summed E-state index contributed by atoms with van der Waals surface area (Å²) in [5.74, 6) is -3.65. The molecule has 0 saturated heterocycles. The minimum atomic E-state index is -1.82. The van der Waals surface area contributed by atoms with Crippen molar-refractivity contribution in [2.24, 2.45) is 0 Å². The van der Waals surface area contributed by atoms with Gasteiger partial charge in [0, 0.05) is 13.7 Å². The molecule has 0 atom stereocenters. The topological polar surface area (TPSA) is 95.9 Å². The van der Waals surface area contributed by atoms with Crippen molar-refractivity contribution in [3.63, 3.8) is 0 Å². The van der Waals surface area contributed by atoms with Crippen molar-refractivity contribution < 1.29 is 24.5 Å². The van der Waals surface area contributed by atoms with Gasteiger partial charge in [-0.15, -0.1) is 6.58 Å². The number of hydrogen-bond donors (Lipinski definition) is 3. The molecule has 6 nitrogen and oxygen atoms in total. The Balaban J connectivity index is 0. The molecule has 0 saturated carbocycles. The number of carboxylic acid groups (broad SMARTS) is 2. The number of nitrogens with one attached hydrogen (secondary N) is 1. The van der Waals surface area contributed by atoms with Gasteiger partial charge >= 0.3 is 11.9 Å². The van der Waals surface area contributed by atoms with Gasteiger partial charge in [-0.25, -0.2) is 9.59 Å². The van der Waals surface area contributed by atoms with Crippen molar-refractivity contribution >= 4 is 11.9 Å². The van der Waals surface area contributed by atoms with Crippen LogP contribution >= 0.6 is 0 Å². The summed E-state index contributed by atoms with van der Waals surface area (Å²) in [6.45, 7) is 6.34. The van der Waals surface area contributed by atoms with E-state index >= 15 is 0 Å². The zero-order valence-corrected chi connectivity index (χ0v) is 8.73. The van der Waals surface area contributed by atoms with Gasteiger partial charge in [0.2, 0.25) is 0 Å². The molecule has 88 valence electrons. The molecule has 0 aliphatic carbocycles. The van der Waals surface area contributed by atoms with Crippen LogP contribution in [0.3, 0.4) is 0 Å². The fourth-order valence-corrected chi connectivity index (χ4v) is 0.503. The molecular weight excluding hydrogens is 202 g/mol. The van der Waals surface area contributed by atoms with E-state index in [1.165, 1.54) is 0 Å². The summed E-state index contributed by atoms with van der Waals surface area (Å²) in [7, 11) is 1.70. The smallest absolute Gasteiger partial charge is 0.414 e. The summed E-state index contributed by atoms with van der Waals surface area (Å²) in [6, 6.07) is 0. The van der Waals surface area contributed by atoms with Gasteiger partial charge in [0.15, 0.2) is 0 Å². The first-order chi connectivity index (χ1) is 7.06. The third-order valence-corrected chi connectivity index (χ3v) is 1.19. The Labute approximate surface area is 88.5 Å². The fourth-order valence-electron chi connectivity index (χ4n) is 0.503. The monoisotopic (exact) mass is 219 g/mol. The third-order valence-electron chi connectivity index (χ3n) is 1.19. The molecule has 0 aliphatic heterocycles. The van der Waals surface area contributed by atoms with Gasteiger partial charge in [0.05, 0.1) is 6.61 Å². The van der Waals surface area contributed by atoms with E-state index in [4.69, 9.17) is 24.5 Å². The van der Waals surface area contributed by atoms with Crippen molar-refractivity contribution in [2.45, 2.75) is 6.42 Å². The largest absolute Gasteiger partial charge is 0.473 e. The van der Waals surface area contributed by atoms with Crippen LogP contribution in [0.1, 0.15) is 6.42 Å². The van der Waals surface area contributed by atoms with Gasteiger partial charge in [0.25, 0.3) is 0 Å². The third kappa shape index (κ3) is 19.1. The Bertz CT molecular complexity index is 181. The number of rotatable bonds is 6. The Morgan fingerprint density at radius 3 is 2.20 bits per heavy atom. The first-order valence-electron chi connectivity index (χ1n) is 4.33. The quantitative estimate of drug-likeness (QED) is 0.329. The molecule has 3 N–H and O–H groups in total. The van der Waals surface area contributed by atoms with Crippen LogP contribution in [0.25, 0.3) is 0 Å². The number of hydrogen-bond acceptors (Lipinski definition) is 4. The zero-order valence-electron chi connectivity index (χ0n) is 8.73. The number of carboxylic acids is 2. The van der Waals surface area contributed by atoms with Gasteiger partial charge in [0.1, 0.15) is 0 Å². The Hall–Kier alpha value is -1.40. The number of aliphatic carboxylic acids is 2. The lowest BCUT2D eigenvalue weighted by molar-refractivity contribution is -0.159. The molecule has 0 fully saturated rings. The molecule has 0 radical (unpaired) electrons. The van der Waals surface area contributed by atoms with Gasteiger partial charge in [-0.05, 0) is 13.0 Å². The van der Waals surface area contributed by atoms with Crippen LogP contribution in [0.15, 0.2) is 12.7 Å². The van der Waals surface area contributed by atoms with Crippen molar-refractivity contribution in [3.05, 3.63) is 12.7 Å². The summed E-state index contributed by atoms with van der Waals surface area (Å²) < 4.78 is 4.83. The average molecular weight is 219 g/mol. The highest BCUT2D eigenvalue weighted by molar-refractivity contribution is 6.27. The van der Waals surface area contributed by atoms with Gasteiger partial charge in [-0.1, -0.05) is 6.08 Å². The second-order valence-corrected chi connectivity index (χ2v) is 2.43. The highest BCUT2D eigenvalue weighted by Gasteiger charge is 2.04. The fraction of sp³-hybridized carbons (Fsp3) is 0.556. The standard InChI is InChI=1S/C7H15NO.C2H2O4/c1-3-4-5-8-6-7-9-2;3-1(4)2(5)6/h3,8H,1,4-7H2,2H3;(H,3,4)(H,5,6). The van der Waals surface area contributed by atoms with Crippen LogP contribution in [0.5, 0.6) is 0 Å². The van der Waals surface area contributed by atoms with Gasteiger partial charge in [-0.3, -0.25) is 0 Å². The Morgan fingerprint density at radius 1 is 1.33 bits per heavy atom. The van der Waals surface area contributed by atoms with E-state index in [2.05, 4.69) is 11.9 Å². The molecule has 0 aliphatic rings. The Morgan fingerprint density at radius 2 is 1.87 bits per heavy atom. The first kappa shape index (κ1) is 16.0. The van der Waals surface area contributed by atoms with Crippen molar-refractivity contribution in [1.82, 2.24) is 5.32 Å². The second kappa shape index (κ2) is 12.6. The van der Waals surface area contributed by atoms with Gasteiger partial charge < -0.3 is 20.3 Å². The molecule has 0 heterocycles. The van der Waals surface area contributed by atoms with Crippen molar-refractivity contribution in [3.8, 4) is 0 Å². The highest BCUT2D eigenvalue weighted by atomic mass is 16.5. The van der Waals surface area contributed by atoms with E-state index < -0.39 is 11.9 Å². The van der Waals surface area contributed by atoms with E-state index in [0.29, 0.717) is 0 Å². The summed E-state index contributed by atoms with van der Waals surface area (Å²) in [4.78, 5) is 18.2. The predicted molar refractivity (Wildman–Crippen MR) is 54.8 cm³/mol. The molecule has 0 bridgehead atoms. The van der Waals surface area contributed by atoms with E-state index in [1.54, 1.807) is 7.11 Å². The van der Waals surface area contributed by atoms with E-state index in [9.17, 15) is 0 Å². The maximum Gasteiger partial charge on any atom is 0.414 e. The number of methoxy groups -OCH3 is 1. The second-order valence-electron chi connectivity index (χ2n) is 2.43. The van der Waals surface area contributed by atoms with E-state index in [1.807, 2.05) is 6.08 Å². The normalized spacial score (nSPS) is 8.60. The van der Waals surface area contributed by atoms with Crippen LogP contribution in [0.4, 0.5) is 0 Å². The summed E-state index contributed by atoms with van der Waals surface area (Å²) in [5, 5.41) is 18.0. The minimum Gasteiger partial charge on any atom is -0.473 e. The zero-order chi connectivity index (χ0) is 12.1. The highest BCUT2D eigenvalue weighted by Crippen LogP contribution is 1.73. The summed E-state index contributed by atoms with van der Waals surface area (Å²) >= 11 is 0. The lowest BCUT2D eigenvalue weighted by Crippen LogP contribution is -2.19. The minimum absolute atomic E-state index is 0.789. The van der Waals surface area contributed by atoms with E-state index in [0.717, 1.165) is 26.1 Å². The lowest BCUT2D eigenvalue weighted by Gasteiger charge is -1.99. The van der Waals surface area contributed by atoms with Crippen LogP contribution < -0.4 is 5.32 Å². The van der Waals surface area contributed by atoms with Crippen LogP contribution in [-0.2, 0) is 14.3 Å². The molecule has 0 amide bonds. The predicted octanol–water partition coefficient (Wildman–Crippen LogP) is -0.0459. The van der Waals surface area contributed by atoms with Gasteiger partial charge in [-0.2, -0.15) is 0 Å². The first-order valence-corrected chi connectivity index (χ1v) is 4.33. The van der Waals surface area contributed by atoms with Crippen LogP contribution in [-0.4, -0.2) is 49.0 Å². The van der Waals surface area contributed by atoms with Crippen LogP contribution in [0.2, 0.25) is 0 Å². The molecule has 0 aromatic rings. The molecule has 0 aromatic heterocycles. The molecular formula is C9H17NO5. The van der Waals surface area contributed by atoms with Crippen molar-refractivity contribution in [1.29, 1.82) is 0 Å². The maximum absolute atomic E-state index is 9.10. The molecule has 6 heteroatoms. The molecule has 15 heavy (non-hydrogen) atoms. The molecule has 0 aromatic carbocycles. The lowest BCUT2D eigenvalue weighted by atomic mass is 10.4. The number of ether oxygens (including phenoxy) is 1. The summed E-state index contributed by atoms with van der Waals surface area (Å²) in [6.07, 6.45) is 2.93. The molecule has 0 rings (SSSR count). The average Bonchev–Trinajstić information content (AvgIpc) is 2.18. The van der Waals surface area contributed by atoms with Crippen LogP contribution in [0, 0.1) is 0 Å². The SMILES string of the molecule is C=CCCNCCOC.O=C(O)C(=O)O. The summed E-state index contributed by atoms with van der Waals surface area (Å²) in [5.41, 5.74) is 0. The van der Waals surface area contributed by atoms with E-state index in [-0.39, 0.29) is 0 Å².